The lowest BCUT2D eigenvalue weighted by atomic mass is 10.3. The summed E-state index contributed by atoms with van der Waals surface area (Å²) < 4.78 is 0. The van der Waals surface area contributed by atoms with Gasteiger partial charge in [-0.15, -0.1) is 11.3 Å². The zero-order valence-electron chi connectivity index (χ0n) is 12.6. The molecule has 0 saturated carbocycles. The lowest BCUT2D eigenvalue weighted by Gasteiger charge is -2.17. The number of rotatable bonds is 4. The quantitative estimate of drug-likeness (QED) is 0.905. The van der Waals surface area contributed by atoms with Crippen molar-refractivity contribution in [2.75, 3.05) is 23.3 Å². The first-order valence-electron chi connectivity index (χ1n) is 7.54. The Morgan fingerprint density at radius 1 is 1.32 bits per heavy atom. The van der Waals surface area contributed by atoms with Crippen molar-refractivity contribution >= 4 is 28.9 Å². The maximum absolute atomic E-state index is 12.0. The van der Waals surface area contributed by atoms with Crippen molar-refractivity contribution in [2.24, 2.45) is 0 Å². The van der Waals surface area contributed by atoms with Gasteiger partial charge >= 0.3 is 6.03 Å². The van der Waals surface area contributed by atoms with Crippen LogP contribution in [0.1, 0.15) is 30.7 Å². The fourth-order valence-electron chi connectivity index (χ4n) is 2.57. The predicted molar refractivity (Wildman–Crippen MR) is 90.6 cm³/mol. The summed E-state index contributed by atoms with van der Waals surface area (Å²) in [5.41, 5.74) is 0.707. The molecule has 22 heavy (non-hydrogen) atoms. The molecule has 1 saturated heterocycles. The van der Waals surface area contributed by atoms with E-state index in [2.05, 4.69) is 20.5 Å². The van der Waals surface area contributed by atoms with E-state index in [1.54, 1.807) is 17.5 Å². The third-order valence-corrected chi connectivity index (χ3v) is 4.81. The van der Waals surface area contributed by atoms with Gasteiger partial charge in [0.2, 0.25) is 0 Å². The first-order chi connectivity index (χ1) is 10.7. The van der Waals surface area contributed by atoms with Crippen molar-refractivity contribution in [3.05, 3.63) is 40.7 Å². The van der Waals surface area contributed by atoms with E-state index in [0.29, 0.717) is 5.69 Å². The van der Waals surface area contributed by atoms with Crippen LogP contribution in [0, 0.1) is 0 Å². The normalized spacial score (nSPS) is 15.6. The van der Waals surface area contributed by atoms with Crippen molar-refractivity contribution in [3.63, 3.8) is 0 Å². The van der Waals surface area contributed by atoms with Gasteiger partial charge in [-0.2, -0.15) is 0 Å². The van der Waals surface area contributed by atoms with Crippen LogP contribution in [0.15, 0.2) is 35.8 Å². The van der Waals surface area contributed by atoms with Crippen molar-refractivity contribution in [1.29, 1.82) is 0 Å². The van der Waals surface area contributed by atoms with Gasteiger partial charge in [0.1, 0.15) is 5.82 Å². The Balaban J connectivity index is 1.55. The second kappa shape index (κ2) is 6.79. The van der Waals surface area contributed by atoms with Gasteiger partial charge in [0.25, 0.3) is 0 Å². The van der Waals surface area contributed by atoms with Crippen LogP contribution in [0.25, 0.3) is 0 Å². The number of urea groups is 1. The van der Waals surface area contributed by atoms with Crippen LogP contribution in [0.5, 0.6) is 0 Å². The molecule has 1 fully saturated rings. The number of pyridine rings is 1. The number of carbonyl (C=O) groups excluding carboxylic acids is 1. The summed E-state index contributed by atoms with van der Waals surface area (Å²) in [4.78, 5) is 19.8. The smallest absolute Gasteiger partial charge is 0.319 e. The Bertz CT molecular complexity index is 606. The highest BCUT2D eigenvalue weighted by Crippen LogP contribution is 2.20. The summed E-state index contributed by atoms with van der Waals surface area (Å²) in [7, 11) is 0. The Labute approximate surface area is 134 Å². The summed E-state index contributed by atoms with van der Waals surface area (Å²) in [6, 6.07) is 7.65. The molecule has 2 aromatic heterocycles. The van der Waals surface area contributed by atoms with E-state index >= 15 is 0 Å². The molecule has 5 nitrogen and oxygen atoms in total. The molecule has 116 valence electrons. The number of hydrogen-bond acceptors (Lipinski definition) is 4. The largest absolute Gasteiger partial charge is 0.357 e. The van der Waals surface area contributed by atoms with E-state index in [-0.39, 0.29) is 12.1 Å². The lowest BCUT2D eigenvalue weighted by molar-refractivity contribution is 0.249. The summed E-state index contributed by atoms with van der Waals surface area (Å²) in [6.45, 7) is 4.11. The van der Waals surface area contributed by atoms with Gasteiger partial charge in [-0.1, -0.05) is 6.07 Å². The maximum Gasteiger partial charge on any atom is 0.319 e. The second-order valence-corrected chi connectivity index (χ2v) is 6.41. The van der Waals surface area contributed by atoms with Crippen LogP contribution in [0.2, 0.25) is 0 Å². The van der Waals surface area contributed by atoms with Gasteiger partial charge in [0.15, 0.2) is 0 Å². The Kier molecular flexibility index (Phi) is 4.58. The number of thiophene rings is 1. The number of carbonyl (C=O) groups is 1. The molecule has 2 aromatic rings. The van der Waals surface area contributed by atoms with Crippen molar-refractivity contribution < 1.29 is 4.79 Å². The summed E-state index contributed by atoms with van der Waals surface area (Å²) in [6.07, 6.45) is 4.17. The number of nitrogens with one attached hydrogen (secondary N) is 2. The Morgan fingerprint density at radius 3 is 2.77 bits per heavy atom. The van der Waals surface area contributed by atoms with Gasteiger partial charge in [-0.05, 0) is 43.3 Å². The minimum atomic E-state index is -0.211. The van der Waals surface area contributed by atoms with E-state index < -0.39 is 0 Å². The molecule has 3 rings (SSSR count). The molecule has 2 N–H and O–H groups in total. The SMILES string of the molecule is CC(NC(=O)Nc1ccc(N2CCCC2)nc1)c1cccs1. The van der Waals surface area contributed by atoms with E-state index in [1.165, 1.54) is 12.8 Å². The topological polar surface area (TPSA) is 57.3 Å². The zero-order valence-corrected chi connectivity index (χ0v) is 13.4. The van der Waals surface area contributed by atoms with Crippen LogP contribution in [0.3, 0.4) is 0 Å². The zero-order chi connectivity index (χ0) is 15.4. The van der Waals surface area contributed by atoms with E-state index in [4.69, 9.17) is 0 Å². The molecule has 1 aliphatic heterocycles. The van der Waals surface area contributed by atoms with Gasteiger partial charge in [-0.3, -0.25) is 0 Å². The molecular formula is C16H20N4OS. The van der Waals surface area contributed by atoms with E-state index in [1.807, 2.05) is 36.6 Å². The van der Waals surface area contributed by atoms with Crippen LogP contribution in [-0.2, 0) is 0 Å². The highest BCUT2D eigenvalue weighted by atomic mass is 32.1. The molecule has 0 aromatic carbocycles. The van der Waals surface area contributed by atoms with Gasteiger partial charge in [0, 0.05) is 18.0 Å². The van der Waals surface area contributed by atoms with Crippen molar-refractivity contribution in [2.45, 2.75) is 25.8 Å². The number of aromatic nitrogens is 1. The minimum absolute atomic E-state index is 0.00293. The molecule has 0 spiro atoms. The predicted octanol–water partition coefficient (Wildman–Crippen LogP) is 3.63. The molecule has 2 amide bonds. The standard InChI is InChI=1S/C16H20N4OS/c1-12(14-5-4-10-22-14)18-16(21)19-13-6-7-15(17-11-13)20-8-2-3-9-20/h4-7,10-12H,2-3,8-9H2,1H3,(H2,18,19,21). The highest BCUT2D eigenvalue weighted by molar-refractivity contribution is 7.10. The van der Waals surface area contributed by atoms with Crippen LogP contribution in [0.4, 0.5) is 16.3 Å². The maximum atomic E-state index is 12.0. The average Bonchev–Trinajstić information content (AvgIpc) is 3.21. The third-order valence-electron chi connectivity index (χ3n) is 3.75. The monoisotopic (exact) mass is 316 g/mol. The molecule has 0 bridgehead atoms. The first kappa shape index (κ1) is 14.8. The molecular weight excluding hydrogens is 296 g/mol. The average molecular weight is 316 g/mol. The summed E-state index contributed by atoms with van der Waals surface area (Å²) in [5.74, 6) is 0.982. The van der Waals surface area contributed by atoms with Crippen LogP contribution >= 0.6 is 11.3 Å². The highest BCUT2D eigenvalue weighted by Gasteiger charge is 2.14. The number of nitrogens with zero attached hydrogens (tertiary/aromatic N) is 2. The van der Waals surface area contributed by atoms with E-state index in [9.17, 15) is 4.79 Å². The Hall–Kier alpha value is -2.08. The van der Waals surface area contributed by atoms with Crippen molar-refractivity contribution in [3.8, 4) is 0 Å². The third kappa shape index (κ3) is 3.57. The first-order valence-corrected chi connectivity index (χ1v) is 8.42. The summed E-state index contributed by atoms with van der Waals surface area (Å²) >= 11 is 1.63. The lowest BCUT2D eigenvalue weighted by Crippen LogP contribution is -2.30. The fourth-order valence-corrected chi connectivity index (χ4v) is 3.30. The molecule has 0 aliphatic carbocycles. The van der Waals surface area contributed by atoms with Gasteiger partial charge in [0.05, 0.1) is 17.9 Å². The number of amides is 2. The molecule has 0 radical (unpaired) electrons. The molecule has 1 unspecified atom stereocenters. The molecule has 3 heterocycles. The Morgan fingerprint density at radius 2 is 2.14 bits per heavy atom. The van der Waals surface area contributed by atoms with Crippen LogP contribution < -0.4 is 15.5 Å². The molecule has 1 atom stereocenters. The van der Waals surface area contributed by atoms with Gasteiger partial charge < -0.3 is 15.5 Å². The minimum Gasteiger partial charge on any atom is -0.357 e. The molecule has 1 aliphatic rings. The van der Waals surface area contributed by atoms with Crippen LogP contribution in [-0.4, -0.2) is 24.1 Å². The number of hydrogen-bond donors (Lipinski definition) is 2. The fraction of sp³-hybridized carbons (Fsp3) is 0.375. The number of anilines is 2. The van der Waals surface area contributed by atoms with Gasteiger partial charge in [-0.25, -0.2) is 9.78 Å². The second-order valence-electron chi connectivity index (χ2n) is 5.43. The summed E-state index contributed by atoms with van der Waals surface area (Å²) in [5, 5.41) is 7.76. The van der Waals surface area contributed by atoms with E-state index in [0.717, 1.165) is 23.8 Å². The molecule has 6 heteroatoms. The van der Waals surface area contributed by atoms with Crippen molar-refractivity contribution in [1.82, 2.24) is 10.3 Å².